The van der Waals surface area contributed by atoms with E-state index in [1.54, 1.807) is 31.3 Å². The number of carbonyl (C=O) groups excluding carboxylic acids is 2. The van der Waals surface area contributed by atoms with E-state index in [4.69, 9.17) is 4.74 Å². The van der Waals surface area contributed by atoms with Crippen LogP contribution in [0, 0.1) is 17.5 Å². The van der Waals surface area contributed by atoms with Crippen LogP contribution in [0.1, 0.15) is 32.0 Å². The standard InChI is InChI=1S/C25H24F3N5O4/c1-29-7-8-32-14-31-33-12-18(24(35)30-11-17-19(27)9-16(26)10-20(17)28)22(34)23(21(33)25(32)36)37-13-15-5-3-2-4-6-15/h2-6,9-10,12,29,31H,7-8,11,13-14H2,1H3,(H,30,35). The van der Waals surface area contributed by atoms with Crippen LogP contribution in [0.5, 0.6) is 5.75 Å². The molecule has 3 aromatic rings. The van der Waals surface area contributed by atoms with Gasteiger partial charge >= 0.3 is 0 Å². The SMILES string of the molecule is CNCCN1CNn2cc(C(=O)NCc3c(F)cc(F)cc3F)c(=O)c(OCc3ccccc3)c2C1=O. The lowest BCUT2D eigenvalue weighted by atomic mass is 10.1. The number of likely N-dealkylation sites (N-methyl/N-ethyl adjacent to an activating group) is 1. The summed E-state index contributed by atoms with van der Waals surface area (Å²) in [7, 11) is 1.74. The molecule has 4 rings (SSSR count). The lowest BCUT2D eigenvalue weighted by Gasteiger charge is -2.32. The molecule has 0 saturated carbocycles. The quantitative estimate of drug-likeness (QED) is 0.403. The van der Waals surface area contributed by atoms with E-state index in [0.29, 0.717) is 25.2 Å². The number of halogens is 3. The highest BCUT2D eigenvalue weighted by Crippen LogP contribution is 2.21. The van der Waals surface area contributed by atoms with E-state index in [9.17, 15) is 27.6 Å². The summed E-state index contributed by atoms with van der Waals surface area (Å²) in [6.45, 7) is 0.272. The van der Waals surface area contributed by atoms with E-state index >= 15 is 0 Å². The zero-order valence-electron chi connectivity index (χ0n) is 19.8. The van der Waals surface area contributed by atoms with Crippen molar-refractivity contribution >= 4 is 11.8 Å². The number of fused-ring (bicyclic) bond motifs is 1. The van der Waals surface area contributed by atoms with Crippen LogP contribution in [0.15, 0.2) is 53.5 Å². The van der Waals surface area contributed by atoms with Gasteiger partial charge in [0.05, 0.1) is 0 Å². The average molecular weight is 515 g/mol. The number of nitrogens with one attached hydrogen (secondary N) is 3. The maximum absolute atomic E-state index is 14.0. The highest BCUT2D eigenvalue weighted by Gasteiger charge is 2.32. The molecule has 0 saturated heterocycles. The highest BCUT2D eigenvalue weighted by atomic mass is 19.1. The van der Waals surface area contributed by atoms with Gasteiger partial charge in [-0.2, -0.15) is 0 Å². The first-order valence-electron chi connectivity index (χ1n) is 11.4. The third-order valence-corrected chi connectivity index (χ3v) is 5.72. The molecule has 0 fully saturated rings. The minimum Gasteiger partial charge on any atom is -0.482 e. The fraction of sp³-hybridized carbons (Fsp3) is 0.240. The molecule has 1 aliphatic rings. The second-order valence-corrected chi connectivity index (χ2v) is 8.21. The number of benzene rings is 2. The van der Waals surface area contributed by atoms with Gasteiger partial charge in [-0.25, -0.2) is 13.2 Å². The third-order valence-electron chi connectivity index (χ3n) is 5.72. The lowest BCUT2D eigenvalue weighted by Crippen LogP contribution is -2.49. The van der Waals surface area contributed by atoms with Crippen molar-refractivity contribution in [2.24, 2.45) is 0 Å². The molecule has 1 aromatic heterocycles. The monoisotopic (exact) mass is 515 g/mol. The van der Waals surface area contributed by atoms with E-state index in [0.717, 1.165) is 11.8 Å². The summed E-state index contributed by atoms with van der Waals surface area (Å²) in [6.07, 6.45) is 1.13. The van der Waals surface area contributed by atoms with Gasteiger partial charge in [-0.1, -0.05) is 30.3 Å². The molecule has 9 nitrogen and oxygen atoms in total. The molecule has 37 heavy (non-hydrogen) atoms. The maximum atomic E-state index is 14.0. The van der Waals surface area contributed by atoms with Crippen LogP contribution >= 0.6 is 0 Å². The number of nitrogens with zero attached hydrogens (tertiary/aromatic N) is 2. The number of carbonyl (C=O) groups is 2. The molecule has 194 valence electrons. The van der Waals surface area contributed by atoms with Crippen LogP contribution in [0.3, 0.4) is 0 Å². The fourth-order valence-corrected chi connectivity index (χ4v) is 3.76. The number of amides is 2. The summed E-state index contributed by atoms with van der Waals surface area (Å²) in [4.78, 5) is 40.9. The zero-order chi connectivity index (χ0) is 26.5. The Labute approximate surface area is 209 Å². The summed E-state index contributed by atoms with van der Waals surface area (Å²) >= 11 is 0. The number of hydrogen-bond donors (Lipinski definition) is 3. The molecular weight excluding hydrogens is 491 g/mol. The van der Waals surface area contributed by atoms with E-state index in [1.165, 1.54) is 9.58 Å². The predicted octanol–water partition coefficient (Wildman–Crippen LogP) is 1.95. The zero-order valence-corrected chi connectivity index (χ0v) is 19.8. The van der Waals surface area contributed by atoms with E-state index in [2.05, 4.69) is 16.1 Å². The Balaban J connectivity index is 1.67. The highest BCUT2D eigenvalue weighted by molar-refractivity contribution is 5.99. The predicted molar refractivity (Wildman–Crippen MR) is 128 cm³/mol. The first kappa shape index (κ1) is 25.8. The minimum absolute atomic E-state index is 0.0516. The van der Waals surface area contributed by atoms with Crippen LogP contribution in [0.4, 0.5) is 13.2 Å². The Morgan fingerprint density at radius 3 is 2.49 bits per heavy atom. The van der Waals surface area contributed by atoms with Gasteiger partial charge in [-0.05, 0) is 12.6 Å². The van der Waals surface area contributed by atoms with Crippen LogP contribution in [0.25, 0.3) is 0 Å². The number of rotatable bonds is 9. The van der Waals surface area contributed by atoms with Crippen LogP contribution < -0.4 is 26.2 Å². The Kier molecular flexibility index (Phi) is 7.77. The van der Waals surface area contributed by atoms with Gasteiger partial charge < -0.3 is 25.7 Å². The summed E-state index contributed by atoms with van der Waals surface area (Å²) < 4.78 is 48.2. The first-order valence-corrected chi connectivity index (χ1v) is 11.4. The van der Waals surface area contributed by atoms with E-state index in [1.807, 2.05) is 6.07 Å². The smallest absolute Gasteiger partial charge is 0.277 e. The van der Waals surface area contributed by atoms with Crippen molar-refractivity contribution in [3.8, 4) is 5.75 Å². The van der Waals surface area contributed by atoms with Gasteiger partial charge in [0.15, 0.2) is 11.4 Å². The Morgan fingerprint density at radius 2 is 1.81 bits per heavy atom. The molecule has 0 spiro atoms. The minimum atomic E-state index is -1.18. The lowest BCUT2D eigenvalue weighted by molar-refractivity contribution is 0.0720. The number of pyridine rings is 1. The van der Waals surface area contributed by atoms with Gasteiger partial charge in [0, 0.05) is 43.5 Å². The second-order valence-electron chi connectivity index (χ2n) is 8.21. The van der Waals surface area contributed by atoms with Crippen LogP contribution in [0.2, 0.25) is 0 Å². The average Bonchev–Trinajstić information content (AvgIpc) is 2.87. The van der Waals surface area contributed by atoms with Crippen molar-refractivity contribution in [1.82, 2.24) is 20.2 Å². The van der Waals surface area contributed by atoms with Crippen molar-refractivity contribution in [2.45, 2.75) is 13.2 Å². The molecule has 0 atom stereocenters. The van der Waals surface area contributed by atoms with Crippen molar-refractivity contribution in [3.05, 3.63) is 98.7 Å². The van der Waals surface area contributed by atoms with Crippen LogP contribution in [-0.4, -0.2) is 48.2 Å². The third kappa shape index (κ3) is 5.59. The molecule has 3 N–H and O–H groups in total. The van der Waals surface area contributed by atoms with Gasteiger partial charge in [0.25, 0.3) is 11.8 Å². The normalized spacial score (nSPS) is 12.6. The molecule has 2 aromatic carbocycles. The number of aromatic nitrogens is 1. The van der Waals surface area contributed by atoms with E-state index in [-0.39, 0.29) is 24.7 Å². The molecule has 0 radical (unpaired) electrons. The molecule has 1 aliphatic heterocycles. The Morgan fingerprint density at radius 1 is 1.11 bits per heavy atom. The Bertz CT molecular complexity index is 1360. The summed E-state index contributed by atoms with van der Waals surface area (Å²) in [5, 5.41) is 5.22. The Hall–Kier alpha value is -4.32. The molecule has 0 bridgehead atoms. The topological polar surface area (TPSA) is 105 Å². The molecule has 2 heterocycles. The van der Waals surface area contributed by atoms with Gasteiger partial charge in [0.1, 0.15) is 36.3 Å². The van der Waals surface area contributed by atoms with Gasteiger partial charge in [-0.3, -0.25) is 19.1 Å². The first-order chi connectivity index (χ1) is 17.8. The van der Waals surface area contributed by atoms with Crippen molar-refractivity contribution in [2.75, 3.05) is 32.2 Å². The van der Waals surface area contributed by atoms with Crippen molar-refractivity contribution in [3.63, 3.8) is 0 Å². The summed E-state index contributed by atoms with van der Waals surface area (Å²) in [5.41, 5.74) is 1.72. The van der Waals surface area contributed by atoms with E-state index < -0.39 is 52.4 Å². The summed E-state index contributed by atoms with van der Waals surface area (Å²) in [6, 6.07) is 9.89. The number of hydrogen-bond acceptors (Lipinski definition) is 6. The molecule has 0 unspecified atom stereocenters. The number of ether oxygens (including phenoxy) is 1. The maximum Gasteiger partial charge on any atom is 0.277 e. The fourth-order valence-electron chi connectivity index (χ4n) is 3.76. The van der Waals surface area contributed by atoms with Gasteiger partial charge in [0.2, 0.25) is 5.43 Å². The van der Waals surface area contributed by atoms with Crippen molar-refractivity contribution in [1.29, 1.82) is 0 Å². The van der Waals surface area contributed by atoms with Crippen molar-refractivity contribution < 1.29 is 27.5 Å². The summed E-state index contributed by atoms with van der Waals surface area (Å²) in [5.74, 6) is -5.24. The van der Waals surface area contributed by atoms with Crippen LogP contribution in [-0.2, 0) is 13.2 Å². The second kappa shape index (κ2) is 11.2. The molecule has 2 amide bonds. The largest absolute Gasteiger partial charge is 0.482 e. The molecule has 0 aliphatic carbocycles. The molecular formula is C25H24F3N5O4. The van der Waals surface area contributed by atoms with Gasteiger partial charge in [-0.15, -0.1) is 0 Å². The molecule has 12 heteroatoms.